The van der Waals surface area contributed by atoms with Gasteiger partial charge in [0.15, 0.2) is 5.11 Å². The van der Waals surface area contributed by atoms with Crippen LogP contribution in [-0.4, -0.2) is 22.7 Å². The molecule has 2 aromatic rings. The van der Waals surface area contributed by atoms with Gasteiger partial charge in [-0.05, 0) is 77.4 Å². The van der Waals surface area contributed by atoms with Gasteiger partial charge in [-0.25, -0.2) is 0 Å². The second kappa shape index (κ2) is 8.82. The van der Waals surface area contributed by atoms with Gasteiger partial charge < -0.3 is 15.2 Å². The number of anilines is 1. The van der Waals surface area contributed by atoms with E-state index in [0.29, 0.717) is 33.6 Å². The number of phenols is 1. The standard InChI is InChI=1S/C18H19BrN2O3S/c1-3-7-24-14-6-4-5-12(9-14)17(23)21-18(25)20-13-8-11(2)16(22)15(19)10-13/h4-6,8-10,22H,3,7H2,1-2H3,(H2,20,21,23,25). The molecular formula is C18H19BrN2O3S. The van der Waals surface area contributed by atoms with Crippen molar-refractivity contribution < 1.29 is 14.6 Å². The maximum atomic E-state index is 12.3. The van der Waals surface area contributed by atoms with Crippen molar-refractivity contribution in [3.8, 4) is 11.5 Å². The van der Waals surface area contributed by atoms with Crippen molar-refractivity contribution in [2.75, 3.05) is 11.9 Å². The summed E-state index contributed by atoms with van der Waals surface area (Å²) in [7, 11) is 0. The third-order valence-electron chi connectivity index (χ3n) is 3.31. The lowest BCUT2D eigenvalue weighted by atomic mass is 10.2. The monoisotopic (exact) mass is 422 g/mol. The van der Waals surface area contributed by atoms with Crippen LogP contribution in [0.5, 0.6) is 11.5 Å². The summed E-state index contributed by atoms with van der Waals surface area (Å²) in [6, 6.07) is 10.3. The molecule has 0 radical (unpaired) electrons. The van der Waals surface area contributed by atoms with Gasteiger partial charge in [-0.3, -0.25) is 10.1 Å². The average Bonchev–Trinajstić information content (AvgIpc) is 2.57. The van der Waals surface area contributed by atoms with Gasteiger partial charge in [0.1, 0.15) is 11.5 Å². The smallest absolute Gasteiger partial charge is 0.257 e. The molecule has 0 heterocycles. The zero-order valence-corrected chi connectivity index (χ0v) is 16.3. The van der Waals surface area contributed by atoms with Crippen molar-refractivity contribution in [2.45, 2.75) is 20.3 Å². The average molecular weight is 423 g/mol. The number of carbonyl (C=O) groups excluding carboxylic acids is 1. The summed E-state index contributed by atoms with van der Waals surface area (Å²) in [6.45, 7) is 4.39. The Morgan fingerprint density at radius 1 is 1.32 bits per heavy atom. The molecule has 25 heavy (non-hydrogen) atoms. The number of thiocarbonyl (C=S) groups is 1. The van der Waals surface area contributed by atoms with E-state index < -0.39 is 0 Å². The number of nitrogens with one attached hydrogen (secondary N) is 2. The molecule has 3 N–H and O–H groups in total. The quantitative estimate of drug-likeness (QED) is 0.492. The van der Waals surface area contributed by atoms with E-state index in [4.69, 9.17) is 17.0 Å². The molecule has 0 unspecified atom stereocenters. The van der Waals surface area contributed by atoms with Gasteiger partial charge in [-0.1, -0.05) is 13.0 Å². The number of halogens is 1. The fourth-order valence-electron chi connectivity index (χ4n) is 2.09. The maximum absolute atomic E-state index is 12.3. The zero-order valence-electron chi connectivity index (χ0n) is 13.9. The molecule has 0 fully saturated rings. The molecule has 0 aliphatic carbocycles. The summed E-state index contributed by atoms with van der Waals surface area (Å²) in [4.78, 5) is 12.3. The number of benzene rings is 2. The van der Waals surface area contributed by atoms with E-state index in [1.165, 1.54) is 0 Å². The molecule has 0 atom stereocenters. The molecule has 132 valence electrons. The van der Waals surface area contributed by atoms with Crippen LogP contribution in [-0.2, 0) is 0 Å². The van der Waals surface area contributed by atoms with Crippen molar-refractivity contribution in [3.05, 3.63) is 52.0 Å². The SMILES string of the molecule is CCCOc1cccc(C(=O)NC(=S)Nc2cc(C)c(O)c(Br)c2)c1. The second-order valence-electron chi connectivity index (χ2n) is 5.41. The molecule has 2 rings (SSSR count). The minimum atomic E-state index is -0.325. The minimum Gasteiger partial charge on any atom is -0.506 e. The molecule has 0 spiro atoms. The molecular weight excluding hydrogens is 404 g/mol. The Bertz CT molecular complexity index is 773. The van der Waals surface area contributed by atoms with Gasteiger partial charge >= 0.3 is 0 Å². The third kappa shape index (κ3) is 5.44. The van der Waals surface area contributed by atoms with Gasteiger partial charge in [0.25, 0.3) is 5.91 Å². The number of hydrogen-bond acceptors (Lipinski definition) is 4. The van der Waals surface area contributed by atoms with Crippen molar-refractivity contribution in [2.24, 2.45) is 0 Å². The van der Waals surface area contributed by atoms with Crippen LogP contribution in [0.4, 0.5) is 5.69 Å². The molecule has 0 bridgehead atoms. The first kappa shape index (κ1) is 19.2. The molecule has 0 aliphatic rings. The second-order valence-corrected chi connectivity index (χ2v) is 6.67. The molecule has 0 saturated heterocycles. The lowest BCUT2D eigenvalue weighted by Gasteiger charge is -2.12. The summed E-state index contributed by atoms with van der Waals surface area (Å²) in [5, 5.41) is 15.5. The maximum Gasteiger partial charge on any atom is 0.257 e. The normalized spacial score (nSPS) is 10.2. The number of carbonyl (C=O) groups is 1. The predicted molar refractivity (Wildman–Crippen MR) is 106 cm³/mol. The molecule has 0 saturated carbocycles. The molecule has 1 amide bonds. The molecule has 0 aliphatic heterocycles. The van der Waals surface area contributed by atoms with Crippen molar-refractivity contribution in [1.29, 1.82) is 0 Å². The van der Waals surface area contributed by atoms with E-state index in [1.807, 2.05) is 6.92 Å². The van der Waals surface area contributed by atoms with Crippen LogP contribution >= 0.6 is 28.1 Å². The first-order chi connectivity index (χ1) is 11.9. The molecule has 7 heteroatoms. The fraction of sp³-hybridized carbons (Fsp3) is 0.222. The van der Waals surface area contributed by atoms with Crippen molar-refractivity contribution >= 4 is 44.9 Å². The Morgan fingerprint density at radius 3 is 2.76 bits per heavy atom. The number of amides is 1. The Balaban J connectivity index is 2.02. The van der Waals surface area contributed by atoms with Crippen LogP contribution in [0.3, 0.4) is 0 Å². The summed E-state index contributed by atoms with van der Waals surface area (Å²) in [5.74, 6) is 0.491. The van der Waals surface area contributed by atoms with Gasteiger partial charge in [0, 0.05) is 11.3 Å². The highest BCUT2D eigenvalue weighted by atomic mass is 79.9. The first-order valence-electron chi connectivity index (χ1n) is 7.75. The van der Waals surface area contributed by atoms with E-state index in [1.54, 1.807) is 43.3 Å². The van der Waals surface area contributed by atoms with E-state index in [2.05, 4.69) is 26.6 Å². The Morgan fingerprint density at radius 2 is 2.08 bits per heavy atom. The summed E-state index contributed by atoms with van der Waals surface area (Å²) < 4.78 is 6.07. The van der Waals surface area contributed by atoms with Gasteiger partial charge in [-0.15, -0.1) is 0 Å². The molecule has 2 aromatic carbocycles. The van der Waals surface area contributed by atoms with E-state index in [9.17, 15) is 9.90 Å². The Kier molecular flexibility index (Phi) is 6.78. The topological polar surface area (TPSA) is 70.6 Å². The number of aryl methyl sites for hydroxylation is 1. The van der Waals surface area contributed by atoms with Gasteiger partial charge in [0.2, 0.25) is 0 Å². The Hall–Kier alpha value is -2.12. The largest absolute Gasteiger partial charge is 0.506 e. The highest BCUT2D eigenvalue weighted by Gasteiger charge is 2.10. The van der Waals surface area contributed by atoms with Gasteiger partial charge in [-0.2, -0.15) is 0 Å². The lowest BCUT2D eigenvalue weighted by Crippen LogP contribution is -2.34. The summed E-state index contributed by atoms with van der Waals surface area (Å²) in [5.41, 5.74) is 1.81. The van der Waals surface area contributed by atoms with Crippen LogP contribution in [0.25, 0.3) is 0 Å². The van der Waals surface area contributed by atoms with E-state index in [0.717, 1.165) is 6.42 Å². The molecule has 5 nitrogen and oxygen atoms in total. The highest BCUT2D eigenvalue weighted by molar-refractivity contribution is 9.10. The number of hydrogen-bond donors (Lipinski definition) is 3. The van der Waals surface area contributed by atoms with Crippen molar-refractivity contribution in [1.82, 2.24) is 5.32 Å². The number of ether oxygens (including phenoxy) is 1. The molecule has 0 aromatic heterocycles. The van der Waals surface area contributed by atoms with E-state index in [-0.39, 0.29) is 16.8 Å². The predicted octanol–water partition coefficient (Wildman–Crippen LogP) is 4.38. The third-order valence-corrected chi connectivity index (χ3v) is 4.12. The van der Waals surface area contributed by atoms with Crippen LogP contribution in [0.2, 0.25) is 0 Å². The number of aromatic hydroxyl groups is 1. The van der Waals surface area contributed by atoms with Crippen LogP contribution in [0.15, 0.2) is 40.9 Å². The minimum absolute atomic E-state index is 0.168. The van der Waals surface area contributed by atoms with Crippen molar-refractivity contribution in [3.63, 3.8) is 0 Å². The van der Waals surface area contributed by atoms with E-state index >= 15 is 0 Å². The number of rotatable bonds is 5. The van der Waals surface area contributed by atoms with Crippen LogP contribution in [0, 0.1) is 6.92 Å². The summed E-state index contributed by atoms with van der Waals surface area (Å²) in [6.07, 6.45) is 0.895. The highest BCUT2D eigenvalue weighted by Crippen LogP contribution is 2.30. The summed E-state index contributed by atoms with van der Waals surface area (Å²) >= 11 is 8.45. The fourth-order valence-corrected chi connectivity index (χ4v) is 2.86. The Labute approximate surface area is 160 Å². The zero-order chi connectivity index (χ0) is 18.4. The lowest BCUT2D eigenvalue weighted by molar-refractivity contribution is 0.0977. The number of phenolic OH excluding ortho intramolecular Hbond substituents is 1. The van der Waals surface area contributed by atoms with Crippen LogP contribution in [0.1, 0.15) is 29.3 Å². The first-order valence-corrected chi connectivity index (χ1v) is 8.95. The van der Waals surface area contributed by atoms with Gasteiger partial charge in [0.05, 0.1) is 11.1 Å². The van der Waals surface area contributed by atoms with Crippen LogP contribution < -0.4 is 15.4 Å².